The lowest BCUT2D eigenvalue weighted by atomic mass is 9.87. The predicted molar refractivity (Wildman–Crippen MR) is 422 cm³/mol. The third kappa shape index (κ3) is 80.3. The zero-order chi connectivity index (χ0) is 70.9. The molecule has 0 unspecified atom stereocenters. The van der Waals surface area contributed by atoms with E-state index in [9.17, 15) is 0 Å². The standard InChI is InChI=1S/C12H10.2C10H8.2C10H14.C7H16.5C5H12.2C3H8/c1-3-7-11(8-4-1)12-9-5-2-6-10-12;2*1-2-6-10-8-4-3-7-9(10)5-1;2*1-10(2,3)9-7-5-4-6-8-9;1-5-6-7(2,3)4;5*1-5(2,3)4;2*1-3-2/h1-10H;2*1-8H;2*4-8H,1-3H3;5-6H2,1-4H3;5*1-4H3;2*3H2,1-2H3. The van der Waals surface area contributed by atoms with E-state index in [-0.39, 0.29) is 0 Å². The van der Waals surface area contributed by atoms with E-state index >= 15 is 0 Å². The van der Waals surface area contributed by atoms with E-state index in [0.717, 1.165) is 0 Å². The first-order valence-electron chi connectivity index (χ1n) is 34.1. The second-order valence-electron chi connectivity index (χ2n) is 34.4. The molecule has 0 spiro atoms. The lowest BCUT2D eigenvalue weighted by Crippen LogP contribution is -2.10. The van der Waals surface area contributed by atoms with Gasteiger partial charge >= 0.3 is 0 Å². The molecule has 0 fully saturated rings. The molecule has 90 heavy (non-hydrogen) atoms. The van der Waals surface area contributed by atoms with Gasteiger partial charge in [0.1, 0.15) is 0 Å². The molecule has 0 saturated carbocycles. The van der Waals surface area contributed by atoms with Crippen LogP contribution in [0.4, 0.5) is 0 Å². The summed E-state index contributed by atoms with van der Waals surface area (Å²) in [5.41, 5.74) is 8.98. The van der Waals surface area contributed by atoms with Gasteiger partial charge in [-0.15, -0.1) is 0 Å². The number of fused-ring (bicyclic) bond motifs is 2. The van der Waals surface area contributed by atoms with Crippen LogP contribution in [0.25, 0.3) is 32.7 Å². The Morgan fingerprint density at radius 3 is 0.433 bits per heavy atom. The van der Waals surface area contributed by atoms with E-state index in [1.165, 1.54) is 69.5 Å². The van der Waals surface area contributed by atoms with Gasteiger partial charge in [-0.2, -0.15) is 0 Å². The summed E-state index contributed by atoms with van der Waals surface area (Å²) >= 11 is 0. The number of hydrogen-bond acceptors (Lipinski definition) is 0. The van der Waals surface area contributed by atoms with Crippen molar-refractivity contribution in [3.63, 3.8) is 0 Å². The molecular weight excluding hydrogens is 1080 g/mol. The van der Waals surface area contributed by atoms with E-state index in [1.807, 2.05) is 12.1 Å². The van der Waals surface area contributed by atoms with Crippen molar-refractivity contribution in [3.05, 3.63) is 230 Å². The Hall–Kier alpha value is -5.72. The number of benzene rings is 8. The van der Waals surface area contributed by atoms with Gasteiger partial charge in [0.2, 0.25) is 0 Å². The molecule has 0 heteroatoms. The monoisotopic (exact) mass is 1230 g/mol. The highest BCUT2D eigenvalue weighted by Gasteiger charge is 2.12. The van der Waals surface area contributed by atoms with E-state index in [0.29, 0.717) is 43.3 Å². The molecule has 0 aliphatic rings. The zero-order valence-corrected chi connectivity index (χ0v) is 65.6. The van der Waals surface area contributed by atoms with Gasteiger partial charge in [0.05, 0.1) is 0 Å². The van der Waals surface area contributed by atoms with E-state index < -0.39 is 0 Å². The minimum Gasteiger partial charge on any atom is -0.0656 e. The van der Waals surface area contributed by atoms with Crippen molar-refractivity contribution in [2.75, 3.05) is 0 Å². The predicted octanol–water partition coefficient (Wildman–Crippen LogP) is 30.9. The van der Waals surface area contributed by atoms with Crippen LogP contribution in [0, 0.1) is 32.5 Å². The summed E-state index contributed by atoms with van der Waals surface area (Å²) in [4.78, 5) is 0. The summed E-state index contributed by atoms with van der Waals surface area (Å²) in [5, 5.41) is 5.24. The molecule has 8 aromatic carbocycles. The van der Waals surface area contributed by atoms with Crippen LogP contribution >= 0.6 is 0 Å². The maximum Gasteiger partial charge on any atom is -0.0132 e. The van der Waals surface area contributed by atoms with E-state index in [2.05, 4.69) is 442 Å². The Balaban J connectivity index is -0.000000296. The van der Waals surface area contributed by atoms with Gasteiger partial charge in [0.15, 0.2) is 0 Å². The Morgan fingerprint density at radius 1 is 0.200 bits per heavy atom. The number of rotatable bonds is 2. The summed E-state index contributed by atoms with van der Waals surface area (Å²) in [7, 11) is 0. The molecule has 0 aromatic heterocycles. The van der Waals surface area contributed by atoms with Crippen molar-refractivity contribution in [1.82, 2.24) is 0 Å². The Morgan fingerprint density at radius 2 is 0.333 bits per heavy atom. The van der Waals surface area contributed by atoms with Crippen molar-refractivity contribution in [2.45, 2.75) is 272 Å². The summed E-state index contributed by atoms with van der Waals surface area (Å²) < 4.78 is 0. The zero-order valence-electron chi connectivity index (χ0n) is 65.6. The largest absolute Gasteiger partial charge is 0.0656 e. The normalized spacial score (nSPS) is 10.7. The molecule has 0 aliphatic carbocycles. The van der Waals surface area contributed by atoms with Gasteiger partial charge < -0.3 is 0 Å². The average Bonchev–Trinajstić information content (AvgIpc) is 3.63. The highest BCUT2D eigenvalue weighted by Crippen LogP contribution is 2.23. The van der Waals surface area contributed by atoms with Gasteiger partial charge in [0.25, 0.3) is 0 Å². The molecule has 8 rings (SSSR count). The fourth-order valence-electron chi connectivity index (χ4n) is 6.15. The van der Waals surface area contributed by atoms with Gasteiger partial charge in [-0.1, -0.05) is 473 Å². The first kappa shape index (κ1) is 93.0. The van der Waals surface area contributed by atoms with Gasteiger partial charge in [-0.05, 0) is 93.5 Å². The van der Waals surface area contributed by atoms with Crippen LogP contribution in [-0.2, 0) is 10.8 Å². The lowest BCUT2D eigenvalue weighted by molar-refractivity contribution is 0.373. The maximum absolute atomic E-state index is 2.27. The molecule has 0 amide bonds. The molecule has 0 heterocycles. The summed E-state index contributed by atoms with van der Waals surface area (Å²) in [6.45, 7) is 74.6. The average molecular weight is 1230 g/mol. The lowest BCUT2D eigenvalue weighted by Gasteiger charge is -2.18. The highest BCUT2D eigenvalue weighted by molar-refractivity contribution is 5.82. The van der Waals surface area contributed by atoms with Crippen LogP contribution in [0.5, 0.6) is 0 Å². The van der Waals surface area contributed by atoms with Gasteiger partial charge in [-0.3, -0.25) is 0 Å². The van der Waals surface area contributed by atoms with Crippen molar-refractivity contribution >= 4 is 21.5 Å². The molecule has 0 nitrogen and oxygen atoms in total. The summed E-state index contributed by atoms with van der Waals surface area (Å²) in [5.74, 6) is 0. The van der Waals surface area contributed by atoms with E-state index in [1.54, 1.807) is 0 Å². The fraction of sp³-hybridized carbons (Fsp3) is 0.511. The fourth-order valence-corrected chi connectivity index (χ4v) is 6.15. The first-order valence-corrected chi connectivity index (χ1v) is 34.1. The first-order chi connectivity index (χ1) is 41.0. The van der Waals surface area contributed by atoms with E-state index in [4.69, 9.17) is 0 Å². The topological polar surface area (TPSA) is 0 Å². The van der Waals surface area contributed by atoms with Gasteiger partial charge in [0, 0.05) is 0 Å². The smallest absolute Gasteiger partial charge is 0.0132 e. The maximum atomic E-state index is 2.27. The third-order valence-electron chi connectivity index (χ3n) is 9.48. The molecule has 506 valence electrons. The molecule has 0 radical (unpaired) electrons. The molecule has 0 atom stereocenters. The Labute approximate surface area is 563 Å². The second kappa shape index (κ2) is 49.9. The van der Waals surface area contributed by atoms with Crippen LogP contribution in [0.1, 0.15) is 272 Å². The van der Waals surface area contributed by atoms with Crippen molar-refractivity contribution in [2.24, 2.45) is 32.5 Å². The minimum absolute atomic E-state index is 0.293. The van der Waals surface area contributed by atoms with Crippen molar-refractivity contribution in [3.8, 4) is 11.1 Å². The van der Waals surface area contributed by atoms with Crippen LogP contribution in [0.2, 0.25) is 0 Å². The molecule has 0 bridgehead atoms. The molecule has 0 saturated heterocycles. The minimum atomic E-state index is 0.293. The quantitative estimate of drug-likeness (QED) is 0.162. The third-order valence-corrected chi connectivity index (χ3v) is 9.48. The SMILES string of the molecule is CC(C)(C)C.CC(C)(C)C.CC(C)(C)C.CC(C)(C)C.CC(C)(C)C.CC(C)(C)c1ccccc1.CC(C)(C)c1ccccc1.CCC.CCC.CCCC(C)(C)C.c1ccc(-c2ccccc2)cc1.c1ccc2ccccc2c1.c1ccc2ccccc2c1. The summed E-state index contributed by atoms with van der Waals surface area (Å²) in [6.07, 6.45) is 5.15. The number of hydrogen-bond donors (Lipinski definition) is 0. The molecule has 0 aliphatic heterocycles. The van der Waals surface area contributed by atoms with Crippen LogP contribution in [-0.4, -0.2) is 0 Å². The second-order valence-corrected chi connectivity index (χ2v) is 34.4. The Kier molecular flexibility index (Phi) is 51.6. The highest BCUT2D eigenvalue weighted by atomic mass is 14.2. The van der Waals surface area contributed by atoms with Crippen LogP contribution in [0.3, 0.4) is 0 Å². The van der Waals surface area contributed by atoms with Crippen molar-refractivity contribution in [1.29, 1.82) is 0 Å². The van der Waals surface area contributed by atoms with Crippen LogP contribution in [0.15, 0.2) is 218 Å². The molecular formula is C90H146. The molecule has 0 N–H and O–H groups in total. The Bertz CT molecular complexity index is 2380. The summed E-state index contributed by atoms with van der Waals surface area (Å²) in [6, 6.07) is 75.3. The van der Waals surface area contributed by atoms with Gasteiger partial charge in [-0.25, -0.2) is 0 Å². The van der Waals surface area contributed by atoms with Crippen molar-refractivity contribution < 1.29 is 0 Å². The molecule has 8 aromatic rings. The van der Waals surface area contributed by atoms with Crippen LogP contribution < -0.4 is 0 Å².